The van der Waals surface area contributed by atoms with Crippen LogP contribution < -0.4 is 15.5 Å². The molecule has 1 saturated heterocycles. The van der Waals surface area contributed by atoms with Gasteiger partial charge < -0.3 is 20.6 Å². The SMILES string of the molecule is CC(=O)N[C@@H]1CCN(c2cc(NC(=O)c3ccc(C(C)(C)O)cc3)nc3ccnn23)C1. The van der Waals surface area contributed by atoms with Gasteiger partial charge >= 0.3 is 0 Å². The summed E-state index contributed by atoms with van der Waals surface area (Å²) in [6, 6.07) is 10.5. The number of carbonyl (C=O) groups excluding carboxylic acids is 2. The van der Waals surface area contributed by atoms with E-state index in [1.807, 2.05) is 0 Å². The molecule has 1 aliphatic heterocycles. The number of nitrogens with zero attached hydrogens (tertiary/aromatic N) is 4. The molecular formula is C22H26N6O3. The van der Waals surface area contributed by atoms with Crippen molar-refractivity contribution in [3.63, 3.8) is 0 Å². The number of hydrogen-bond acceptors (Lipinski definition) is 6. The van der Waals surface area contributed by atoms with Crippen molar-refractivity contribution >= 4 is 29.1 Å². The van der Waals surface area contributed by atoms with E-state index in [9.17, 15) is 14.7 Å². The van der Waals surface area contributed by atoms with Crippen LogP contribution in [-0.2, 0) is 10.4 Å². The fourth-order valence-corrected chi connectivity index (χ4v) is 3.78. The minimum Gasteiger partial charge on any atom is -0.386 e. The summed E-state index contributed by atoms with van der Waals surface area (Å²) in [6.45, 7) is 6.33. The van der Waals surface area contributed by atoms with Crippen molar-refractivity contribution in [1.29, 1.82) is 0 Å². The highest BCUT2D eigenvalue weighted by molar-refractivity contribution is 6.04. The molecular weight excluding hydrogens is 396 g/mol. The molecule has 162 valence electrons. The minimum absolute atomic E-state index is 0.0469. The zero-order valence-corrected chi connectivity index (χ0v) is 17.8. The van der Waals surface area contributed by atoms with Crippen LogP contribution in [0, 0.1) is 0 Å². The molecule has 1 aromatic carbocycles. The van der Waals surface area contributed by atoms with Crippen LogP contribution in [0.15, 0.2) is 42.6 Å². The summed E-state index contributed by atoms with van der Waals surface area (Å²) in [7, 11) is 0. The first-order valence-electron chi connectivity index (χ1n) is 10.2. The van der Waals surface area contributed by atoms with Crippen molar-refractivity contribution in [3.05, 3.63) is 53.7 Å². The molecule has 4 rings (SSSR count). The number of nitrogens with one attached hydrogen (secondary N) is 2. The van der Waals surface area contributed by atoms with Crippen LogP contribution >= 0.6 is 0 Å². The third-order valence-corrected chi connectivity index (χ3v) is 5.36. The molecule has 9 nitrogen and oxygen atoms in total. The maximum atomic E-state index is 12.8. The minimum atomic E-state index is -0.969. The average molecular weight is 422 g/mol. The van der Waals surface area contributed by atoms with Gasteiger partial charge in [0.2, 0.25) is 5.91 Å². The number of aliphatic hydroxyl groups is 1. The van der Waals surface area contributed by atoms with Gasteiger partial charge in [-0.3, -0.25) is 9.59 Å². The van der Waals surface area contributed by atoms with Crippen molar-refractivity contribution in [2.45, 2.75) is 38.8 Å². The quantitative estimate of drug-likeness (QED) is 0.579. The molecule has 2 aromatic heterocycles. The normalized spacial score (nSPS) is 16.5. The third kappa shape index (κ3) is 4.51. The van der Waals surface area contributed by atoms with Crippen LogP contribution in [0.1, 0.15) is 43.1 Å². The lowest BCUT2D eigenvalue weighted by Crippen LogP contribution is -2.36. The molecule has 0 bridgehead atoms. The number of hydrogen-bond donors (Lipinski definition) is 3. The summed E-state index contributed by atoms with van der Waals surface area (Å²) in [4.78, 5) is 30.7. The number of benzene rings is 1. The van der Waals surface area contributed by atoms with Gasteiger partial charge in [0, 0.05) is 43.8 Å². The molecule has 1 aliphatic rings. The summed E-state index contributed by atoms with van der Waals surface area (Å²) in [5.74, 6) is 0.884. The predicted molar refractivity (Wildman–Crippen MR) is 117 cm³/mol. The highest BCUT2D eigenvalue weighted by Crippen LogP contribution is 2.25. The number of fused-ring (bicyclic) bond motifs is 1. The molecule has 3 aromatic rings. The number of carbonyl (C=O) groups is 2. The maximum Gasteiger partial charge on any atom is 0.256 e. The fraction of sp³-hybridized carbons (Fsp3) is 0.364. The molecule has 0 saturated carbocycles. The average Bonchev–Trinajstić information content (AvgIpc) is 3.35. The van der Waals surface area contributed by atoms with Crippen LogP contribution in [0.25, 0.3) is 5.65 Å². The summed E-state index contributed by atoms with van der Waals surface area (Å²) < 4.78 is 1.73. The molecule has 1 atom stereocenters. The summed E-state index contributed by atoms with van der Waals surface area (Å²) in [5.41, 5.74) is 0.848. The molecule has 0 aliphatic carbocycles. The van der Waals surface area contributed by atoms with Crippen LogP contribution in [0.3, 0.4) is 0 Å². The van der Waals surface area contributed by atoms with E-state index in [2.05, 4.69) is 25.6 Å². The Bertz CT molecular complexity index is 1120. The van der Waals surface area contributed by atoms with Gasteiger partial charge in [0.1, 0.15) is 11.6 Å². The maximum absolute atomic E-state index is 12.8. The standard InChI is InChI=1S/C22H26N6O3/c1-14(29)24-17-9-11-27(13-17)20-12-18(25-19-8-10-23-28(19)20)26-21(30)15-4-6-16(7-5-15)22(2,3)31/h4-8,10,12,17,31H,9,11,13H2,1-3H3,(H,24,29)(H,25,26,30)/t17-/m1/s1. The highest BCUT2D eigenvalue weighted by atomic mass is 16.3. The Hall–Kier alpha value is -3.46. The van der Waals surface area contributed by atoms with Gasteiger partial charge in [-0.2, -0.15) is 9.61 Å². The highest BCUT2D eigenvalue weighted by Gasteiger charge is 2.26. The van der Waals surface area contributed by atoms with Gasteiger partial charge in [-0.15, -0.1) is 0 Å². The molecule has 0 spiro atoms. The predicted octanol–water partition coefficient (Wildman–Crippen LogP) is 1.92. The van der Waals surface area contributed by atoms with E-state index in [4.69, 9.17) is 0 Å². The van der Waals surface area contributed by atoms with E-state index in [1.54, 1.807) is 61.0 Å². The molecule has 0 unspecified atom stereocenters. The Labute approximate surface area is 180 Å². The first-order valence-corrected chi connectivity index (χ1v) is 10.2. The van der Waals surface area contributed by atoms with E-state index < -0.39 is 5.60 Å². The first-order chi connectivity index (χ1) is 14.7. The fourth-order valence-electron chi connectivity index (χ4n) is 3.78. The van der Waals surface area contributed by atoms with Gasteiger partial charge in [0.05, 0.1) is 11.8 Å². The molecule has 3 heterocycles. The van der Waals surface area contributed by atoms with Crippen LogP contribution in [-0.4, -0.2) is 50.7 Å². The zero-order chi connectivity index (χ0) is 22.2. The second-order valence-corrected chi connectivity index (χ2v) is 8.32. The second-order valence-electron chi connectivity index (χ2n) is 8.32. The largest absolute Gasteiger partial charge is 0.386 e. The van der Waals surface area contributed by atoms with Crippen molar-refractivity contribution < 1.29 is 14.7 Å². The van der Waals surface area contributed by atoms with Gasteiger partial charge in [-0.05, 0) is 38.0 Å². The molecule has 9 heteroatoms. The Morgan fingerprint density at radius 3 is 2.61 bits per heavy atom. The lowest BCUT2D eigenvalue weighted by Gasteiger charge is -2.20. The van der Waals surface area contributed by atoms with Crippen molar-refractivity contribution in [1.82, 2.24) is 19.9 Å². The topological polar surface area (TPSA) is 112 Å². The number of anilines is 2. The molecule has 31 heavy (non-hydrogen) atoms. The zero-order valence-electron chi connectivity index (χ0n) is 17.8. The number of aromatic nitrogens is 3. The smallest absolute Gasteiger partial charge is 0.256 e. The van der Waals surface area contributed by atoms with E-state index in [-0.39, 0.29) is 17.9 Å². The van der Waals surface area contributed by atoms with Crippen molar-refractivity contribution in [2.75, 3.05) is 23.3 Å². The summed E-state index contributed by atoms with van der Waals surface area (Å²) in [6.07, 6.45) is 2.49. The Kier molecular flexibility index (Phi) is 5.36. The van der Waals surface area contributed by atoms with E-state index in [0.717, 1.165) is 24.3 Å². The summed E-state index contributed by atoms with van der Waals surface area (Å²) in [5, 5.41) is 20.2. The molecule has 0 radical (unpaired) electrons. The Morgan fingerprint density at radius 2 is 1.94 bits per heavy atom. The number of rotatable bonds is 5. The van der Waals surface area contributed by atoms with Gasteiger partial charge in [-0.1, -0.05) is 12.1 Å². The van der Waals surface area contributed by atoms with E-state index in [0.29, 0.717) is 23.6 Å². The van der Waals surface area contributed by atoms with Crippen molar-refractivity contribution in [3.8, 4) is 0 Å². The first kappa shape index (κ1) is 20.8. The number of amides is 2. The van der Waals surface area contributed by atoms with Gasteiger partial charge in [0.15, 0.2) is 5.65 Å². The molecule has 3 N–H and O–H groups in total. The Balaban J connectivity index is 1.56. The molecule has 1 fully saturated rings. The Morgan fingerprint density at radius 1 is 1.19 bits per heavy atom. The van der Waals surface area contributed by atoms with Crippen LogP contribution in [0.2, 0.25) is 0 Å². The lowest BCUT2D eigenvalue weighted by molar-refractivity contribution is -0.119. The lowest BCUT2D eigenvalue weighted by atomic mass is 9.97. The third-order valence-electron chi connectivity index (χ3n) is 5.36. The van der Waals surface area contributed by atoms with E-state index in [1.165, 1.54) is 6.92 Å². The molecule has 2 amide bonds. The van der Waals surface area contributed by atoms with Gasteiger partial charge in [0.25, 0.3) is 5.91 Å². The van der Waals surface area contributed by atoms with Crippen LogP contribution in [0.5, 0.6) is 0 Å². The van der Waals surface area contributed by atoms with Gasteiger partial charge in [-0.25, -0.2) is 4.98 Å². The van der Waals surface area contributed by atoms with E-state index >= 15 is 0 Å². The van der Waals surface area contributed by atoms with Crippen molar-refractivity contribution in [2.24, 2.45) is 0 Å². The summed E-state index contributed by atoms with van der Waals surface area (Å²) >= 11 is 0. The van der Waals surface area contributed by atoms with Crippen LogP contribution in [0.4, 0.5) is 11.6 Å². The second kappa shape index (κ2) is 7.99. The monoisotopic (exact) mass is 422 g/mol.